The lowest BCUT2D eigenvalue weighted by Crippen LogP contribution is -2.07. The van der Waals surface area contributed by atoms with E-state index in [4.69, 9.17) is 4.74 Å². The maximum Gasteiger partial charge on any atom is 0.330 e. The molecule has 0 amide bonds. The quantitative estimate of drug-likeness (QED) is 0.276. The Labute approximate surface area is 180 Å². The summed E-state index contributed by atoms with van der Waals surface area (Å²) in [4.78, 5) is 11.3. The van der Waals surface area contributed by atoms with Gasteiger partial charge in [0.15, 0.2) is 0 Å². The van der Waals surface area contributed by atoms with Gasteiger partial charge in [-0.3, -0.25) is 0 Å². The third-order valence-electron chi connectivity index (χ3n) is 5.63. The van der Waals surface area contributed by atoms with E-state index in [2.05, 4.69) is 98.4 Å². The highest BCUT2D eigenvalue weighted by Crippen LogP contribution is 2.33. The fourth-order valence-electron chi connectivity index (χ4n) is 3.85. The molecule has 0 radical (unpaired) electrons. The molecule has 2 unspecified atom stereocenters. The van der Waals surface area contributed by atoms with Crippen LogP contribution in [0.25, 0.3) is 0 Å². The number of hydrogen-bond acceptors (Lipinski definition) is 2. The van der Waals surface area contributed by atoms with Crippen molar-refractivity contribution in [3.05, 3.63) is 120 Å². The molecule has 0 saturated heterocycles. The first-order valence-corrected chi connectivity index (χ1v) is 10.6. The first-order valence-electron chi connectivity index (χ1n) is 10.6. The second kappa shape index (κ2) is 11.2. The van der Waals surface area contributed by atoms with Gasteiger partial charge in [-0.2, -0.15) is 0 Å². The fraction of sp³-hybridized carbons (Fsp3) is 0.250. The number of ether oxygens (including phenoxy) is 1. The van der Waals surface area contributed by atoms with Gasteiger partial charge in [-0.1, -0.05) is 98.4 Å². The lowest BCUT2D eigenvalue weighted by atomic mass is 9.82. The average molecular weight is 399 g/mol. The Morgan fingerprint density at radius 3 is 2.13 bits per heavy atom. The summed E-state index contributed by atoms with van der Waals surface area (Å²) in [6.07, 6.45) is 4.46. The van der Waals surface area contributed by atoms with E-state index < -0.39 is 5.97 Å². The van der Waals surface area contributed by atoms with Gasteiger partial charge in [0.2, 0.25) is 0 Å². The third-order valence-corrected chi connectivity index (χ3v) is 5.63. The van der Waals surface area contributed by atoms with Gasteiger partial charge in [0.05, 0.1) is 0 Å². The molecule has 0 aliphatic heterocycles. The first kappa shape index (κ1) is 21.6. The van der Waals surface area contributed by atoms with E-state index in [-0.39, 0.29) is 6.61 Å². The van der Waals surface area contributed by atoms with Crippen LogP contribution in [-0.2, 0) is 22.6 Å². The lowest BCUT2D eigenvalue weighted by Gasteiger charge is -2.22. The van der Waals surface area contributed by atoms with Crippen molar-refractivity contribution in [1.29, 1.82) is 0 Å². The predicted octanol–water partition coefficient (Wildman–Crippen LogP) is 6.83. The van der Waals surface area contributed by atoms with Crippen molar-refractivity contribution in [3.63, 3.8) is 0 Å². The monoisotopic (exact) mass is 398 g/mol. The van der Waals surface area contributed by atoms with Crippen LogP contribution >= 0.6 is 0 Å². The molecule has 0 N–H and O–H groups in total. The van der Waals surface area contributed by atoms with Crippen molar-refractivity contribution >= 4 is 5.97 Å². The van der Waals surface area contributed by atoms with Crippen molar-refractivity contribution in [2.75, 3.05) is 0 Å². The second-order valence-electron chi connectivity index (χ2n) is 7.82. The molecule has 3 rings (SSSR count). The largest absolute Gasteiger partial charge is 0.458 e. The van der Waals surface area contributed by atoms with E-state index >= 15 is 0 Å². The summed E-state index contributed by atoms with van der Waals surface area (Å²) in [5, 5.41) is 0. The summed E-state index contributed by atoms with van der Waals surface area (Å²) >= 11 is 0. The summed E-state index contributed by atoms with van der Waals surface area (Å²) in [6.45, 7) is 6.03. The van der Waals surface area contributed by atoms with Gasteiger partial charge in [0.1, 0.15) is 6.61 Å². The Kier molecular flexibility index (Phi) is 8.02. The van der Waals surface area contributed by atoms with Crippen molar-refractivity contribution in [2.24, 2.45) is 0 Å². The molecule has 3 aromatic rings. The number of carbonyl (C=O) groups is 1. The molecule has 2 nitrogen and oxygen atoms in total. The van der Waals surface area contributed by atoms with Crippen LogP contribution in [0.5, 0.6) is 0 Å². The molecule has 0 aliphatic rings. The molecule has 0 fully saturated rings. The highest BCUT2D eigenvalue weighted by atomic mass is 16.5. The van der Waals surface area contributed by atoms with Crippen LogP contribution in [0.2, 0.25) is 0 Å². The lowest BCUT2D eigenvalue weighted by molar-refractivity contribution is -0.138. The standard InChI is InChI=1S/C28H30O2/c1-3-28(29)30-21-24-15-17-26(18-16-24)27(19-14-23-10-6-4-7-11-23)20-22(2)25-12-8-5-9-13-25/h3-13,15-18,22,27H,1,14,19-21H2,2H3. The molecule has 0 bridgehead atoms. The Hall–Kier alpha value is -3.13. The van der Waals surface area contributed by atoms with Gasteiger partial charge in [-0.05, 0) is 53.4 Å². The Morgan fingerprint density at radius 1 is 0.867 bits per heavy atom. The number of benzene rings is 3. The summed E-state index contributed by atoms with van der Waals surface area (Å²) in [7, 11) is 0. The Balaban J connectivity index is 1.72. The molecule has 2 heteroatoms. The summed E-state index contributed by atoms with van der Waals surface area (Å²) in [5.41, 5.74) is 5.09. The van der Waals surface area contributed by atoms with E-state index in [1.165, 1.54) is 22.8 Å². The summed E-state index contributed by atoms with van der Waals surface area (Å²) in [6, 6.07) is 29.9. The molecule has 154 valence electrons. The van der Waals surface area contributed by atoms with Gasteiger partial charge in [0, 0.05) is 6.08 Å². The third kappa shape index (κ3) is 6.45. The van der Waals surface area contributed by atoms with Crippen LogP contribution in [0.3, 0.4) is 0 Å². The minimum absolute atomic E-state index is 0.278. The van der Waals surface area contributed by atoms with Crippen molar-refractivity contribution in [1.82, 2.24) is 0 Å². The Bertz CT molecular complexity index is 914. The SMILES string of the molecule is C=CC(=O)OCc1ccc(C(CCc2ccccc2)CC(C)c2ccccc2)cc1. The smallest absolute Gasteiger partial charge is 0.330 e. The summed E-state index contributed by atoms with van der Waals surface area (Å²) < 4.78 is 5.15. The maximum absolute atomic E-state index is 11.3. The maximum atomic E-state index is 11.3. The topological polar surface area (TPSA) is 26.3 Å². The van der Waals surface area contributed by atoms with Crippen molar-refractivity contribution in [2.45, 2.75) is 44.6 Å². The normalized spacial score (nSPS) is 12.7. The van der Waals surface area contributed by atoms with Crippen molar-refractivity contribution < 1.29 is 9.53 Å². The molecule has 0 heterocycles. The summed E-state index contributed by atoms with van der Waals surface area (Å²) in [5.74, 6) is 0.557. The van der Waals surface area contributed by atoms with Crippen LogP contribution in [-0.4, -0.2) is 5.97 Å². The molecule has 0 aliphatic carbocycles. The highest BCUT2D eigenvalue weighted by Gasteiger charge is 2.17. The Morgan fingerprint density at radius 2 is 1.50 bits per heavy atom. The van der Waals surface area contributed by atoms with Gasteiger partial charge >= 0.3 is 5.97 Å². The predicted molar refractivity (Wildman–Crippen MR) is 123 cm³/mol. The van der Waals surface area contributed by atoms with Gasteiger partial charge in [-0.25, -0.2) is 4.79 Å². The molecule has 2 atom stereocenters. The van der Waals surface area contributed by atoms with Crippen LogP contribution in [0.15, 0.2) is 97.6 Å². The first-order chi connectivity index (χ1) is 14.7. The van der Waals surface area contributed by atoms with Crippen LogP contribution in [0.4, 0.5) is 0 Å². The van der Waals surface area contributed by atoms with Gasteiger partial charge in [0.25, 0.3) is 0 Å². The van der Waals surface area contributed by atoms with Crippen LogP contribution < -0.4 is 0 Å². The molecular weight excluding hydrogens is 368 g/mol. The zero-order valence-corrected chi connectivity index (χ0v) is 17.7. The minimum atomic E-state index is -0.392. The number of rotatable bonds is 10. The molecule has 0 saturated carbocycles. The van der Waals surface area contributed by atoms with Gasteiger partial charge in [-0.15, -0.1) is 0 Å². The fourth-order valence-corrected chi connectivity index (χ4v) is 3.85. The zero-order valence-electron chi connectivity index (χ0n) is 17.7. The molecule has 30 heavy (non-hydrogen) atoms. The van der Waals surface area contributed by atoms with Crippen molar-refractivity contribution in [3.8, 4) is 0 Å². The van der Waals surface area contributed by atoms with Crippen LogP contribution in [0.1, 0.15) is 53.9 Å². The number of hydrogen-bond donors (Lipinski definition) is 0. The minimum Gasteiger partial charge on any atom is -0.458 e. The van der Waals surface area contributed by atoms with E-state index in [0.29, 0.717) is 11.8 Å². The second-order valence-corrected chi connectivity index (χ2v) is 7.82. The van der Waals surface area contributed by atoms with E-state index in [9.17, 15) is 4.79 Å². The van der Waals surface area contributed by atoms with Crippen LogP contribution in [0, 0.1) is 0 Å². The van der Waals surface area contributed by atoms with E-state index in [0.717, 1.165) is 24.8 Å². The molecule has 3 aromatic carbocycles. The highest BCUT2D eigenvalue weighted by molar-refractivity contribution is 5.81. The van der Waals surface area contributed by atoms with Gasteiger partial charge < -0.3 is 4.74 Å². The number of aryl methyl sites for hydroxylation is 1. The average Bonchev–Trinajstić information content (AvgIpc) is 2.81. The molecule has 0 aromatic heterocycles. The van der Waals surface area contributed by atoms with E-state index in [1.54, 1.807) is 0 Å². The molecular formula is C28H30O2. The molecule has 0 spiro atoms. The number of carbonyl (C=O) groups excluding carboxylic acids is 1. The number of esters is 1. The van der Waals surface area contributed by atoms with E-state index in [1.807, 2.05) is 0 Å². The zero-order chi connectivity index (χ0) is 21.2.